The molecular weight excluding hydrogens is 346 g/mol. The molecule has 2 aromatic heterocycles. The number of anilines is 1. The first-order valence-corrected chi connectivity index (χ1v) is 10.0. The predicted octanol–water partition coefficient (Wildman–Crippen LogP) is 2.27. The second kappa shape index (κ2) is 9.09. The SMILES string of the molecule is CN1CCCN(C)c2cccc(n2)CCCN(Cc2nccs2)CC1=O. The highest BCUT2D eigenvalue weighted by Gasteiger charge is 2.17. The fourth-order valence-electron chi connectivity index (χ4n) is 3.14. The molecule has 7 heteroatoms. The maximum Gasteiger partial charge on any atom is 0.236 e. The van der Waals surface area contributed by atoms with Gasteiger partial charge in [-0.3, -0.25) is 9.69 Å². The number of amides is 1. The van der Waals surface area contributed by atoms with E-state index in [1.807, 2.05) is 23.5 Å². The lowest BCUT2D eigenvalue weighted by atomic mass is 10.2. The lowest BCUT2D eigenvalue weighted by Gasteiger charge is -2.26. The van der Waals surface area contributed by atoms with Crippen molar-refractivity contribution in [2.75, 3.05) is 45.2 Å². The molecule has 1 aliphatic heterocycles. The van der Waals surface area contributed by atoms with Crippen LogP contribution in [0, 0.1) is 0 Å². The first-order chi connectivity index (χ1) is 12.6. The van der Waals surface area contributed by atoms with Gasteiger partial charge in [0.05, 0.1) is 13.1 Å². The van der Waals surface area contributed by atoms with Gasteiger partial charge in [0, 0.05) is 44.5 Å². The van der Waals surface area contributed by atoms with Crippen molar-refractivity contribution in [3.63, 3.8) is 0 Å². The molecular formula is C19H27N5OS. The van der Waals surface area contributed by atoms with Crippen molar-refractivity contribution >= 4 is 23.1 Å². The van der Waals surface area contributed by atoms with E-state index in [4.69, 9.17) is 4.98 Å². The number of rotatable bonds is 2. The number of thiazole rings is 1. The number of carbonyl (C=O) groups excluding carboxylic acids is 1. The number of pyridine rings is 1. The van der Waals surface area contributed by atoms with E-state index in [-0.39, 0.29) is 5.91 Å². The lowest BCUT2D eigenvalue weighted by molar-refractivity contribution is -0.131. The summed E-state index contributed by atoms with van der Waals surface area (Å²) in [5.74, 6) is 1.19. The van der Waals surface area contributed by atoms with Crippen LogP contribution in [0.2, 0.25) is 0 Å². The van der Waals surface area contributed by atoms with Crippen molar-refractivity contribution in [2.24, 2.45) is 0 Å². The van der Waals surface area contributed by atoms with Gasteiger partial charge in [0.15, 0.2) is 0 Å². The third-order valence-corrected chi connectivity index (χ3v) is 5.47. The third kappa shape index (κ3) is 5.25. The van der Waals surface area contributed by atoms with Crippen LogP contribution in [-0.2, 0) is 17.8 Å². The average Bonchev–Trinajstić information content (AvgIpc) is 3.14. The quantitative estimate of drug-likeness (QED) is 0.808. The minimum atomic E-state index is 0.179. The summed E-state index contributed by atoms with van der Waals surface area (Å²) in [7, 11) is 3.96. The molecule has 3 heterocycles. The molecule has 140 valence electrons. The summed E-state index contributed by atoms with van der Waals surface area (Å²) in [6.45, 7) is 3.68. The summed E-state index contributed by atoms with van der Waals surface area (Å²) in [6, 6.07) is 6.23. The fourth-order valence-corrected chi connectivity index (χ4v) is 3.79. The van der Waals surface area contributed by atoms with E-state index in [1.54, 1.807) is 11.3 Å². The summed E-state index contributed by atoms with van der Waals surface area (Å²) in [5.41, 5.74) is 1.11. The zero-order valence-electron chi connectivity index (χ0n) is 15.6. The van der Waals surface area contributed by atoms with Gasteiger partial charge in [-0.15, -0.1) is 11.3 Å². The Bertz CT molecular complexity index is 706. The second-order valence-corrected chi connectivity index (χ2v) is 7.80. The topological polar surface area (TPSA) is 52.6 Å². The van der Waals surface area contributed by atoms with Crippen LogP contribution >= 0.6 is 11.3 Å². The number of carbonyl (C=O) groups is 1. The average molecular weight is 374 g/mol. The van der Waals surface area contributed by atoms with Crippen LogP contribution in [0.15, 0.2) is 29.8 Å². The molecule has 3 rings (SSSR count). The fraction of sp³-hybridized carbons (Fsp3) is 0.526. The molecule has 0 saturated heterocycles. The Labute approximate surface area is 159 Å². The Morgan fingerprint density at radius 1 is 1.12 bits per heavy atom. The van der Waals surface area contributed by atoms with Gasteiger partial charge in [0.1, 0.15) is 10.8 Å². The Morgan fingerprint density at radius 3 is 2.77 bits per heavy atom. The van der Waals surface area contributed by atoms with Gasteiger partial charge in [-0.1, -0.05) is 6.07 Å². The highest BCUT2D eigenvalue weighted by atomic mass is 32.1. The summed E-state index contributed by atoms with van der Waals surface area (Å²) in [6.07, 6.45) is 4.64. The molecule has 0 unspecified atom stereocenters. The maximum atomic E-state index is 12.6. The van der Waals surface area contributed by atoms with E-state index in [0.717, 1.165) is 62.0 Å². The number of aromatic nitrogens is 2. The van der Waals surface area contributed by atoms with Gasteiger partial charge in [-0.2, -0.15) is 0 Å². The Kier molecular flexibility index (Phi) is 6.57. The van der Waals surface area contributed by atoms with Crippen LogP contribution in [0.3, 0.4) is 0 Å². The zero-order valence-corrected chi connectivity index (χ0v) is 16.4. The zero-order chi connectivity index (χ0) is 18.4. The smallest absolute Gasteiger partial charge is 0.236 e. The van der Waals surface area contributed by atoms with Crippen LogP contribution in [0.4, 0.5) is 5.82 Å². The summed E-state index contributed by atoms with van der Waals surface area (Å²) < 4.78 is 0. The van der Waals surface area contributed by atoms with Crippen molar-refractivity contribution < 1.29 is 4.79 Å². The molecule has 0 saturated carbocycles. The third-order valence-electron chi connectivity index (χ3n) is 4.70. The van der Waals surface area contributed by atoms with Crippen molar-refractivity contribution in [3.05, 3.63) is 40.5 Å². The van der Waals surface area contributed by atoms with E-state index < -0.39 is 0 Å². The van der Waals surface area contributed by atoms with Crippen molar-refractivity contribution in [1.29, 1.82) is 0 Å². The number of nitrogens with zero attached hydrogens (tertiary/aromatic N) is 5. The van der Waals surface area contributed by atoms with E-state index in [2.05, 4.69) is 40.0 Å². The molecule has 6 nitrogen and oxygen atoms in total. The largest absolute Gasteiger partial charge is 0.360 e. The van der Waals surface area contributed by atoms with Gasteiger partial charge in [0.25, 0.3) is 0 Å². The molecule has 0 spiro atoms. The Balaban J connectivity index is 1.73. The van der Waals surface area contributed by atoms with E-state index >= 15 is 0 Å². The molecule has 0 atom stereocenters. The molecule has 2 aromatic rings. The Hall–Kier alpha value is -1.99. The minimum Gasteiger partial charge on any atom is -0.360 e. The lowest BCUT2D eigenvalue weighted by Crippen LogP contribution is -2.39. The summed E-state index contributed by atoms with van der Waals surface area (Å²) >= 11 is 1.64. The van der Waals surface area contributed by atoms with Crippen LogP contribution < -0.4 is 4.90 Å². The predicted molar refractivity (Wildman–Crippen MR) is 105 cm³/mol. The van der Waals surface area contributed by atoms with Crippen LogP contribution in [0.1, 0.15) is 23.5 Å². The van der Waals surface area contributed by atoms with E-state index in [9.17, 15) is 4.79 Å². The molecule has 2 bridgehead atoms. The summed E-state index contributed by atoms with van der Waals surface area (Å²) in [4.78, 5) is 28.0. The maximum absolute atomic E-state index is 12.6. The summed E-state index contributed by atoms with van der Waals surface area (Å²) in [5, 5.41) is 3.04. The normalized spacial score (nSPS) is 18.0. The van der Waals surface area contributed by atoms with Crippen molar-refractivity contribution in [2.45, 2.75) is 25.8 Å². The van der Waals surface area contributed by atoms with Crippen molar-refractivity contribution in [3.8, 4) is 0 Å². The highest BCUT2D eigenvalue weighted by molar-refractivity contribution is 7.09. The minimum absolute atomic E-state index is 0.179. The molecule has 0 N–H and O–H groups in total. The molecule has 1 aliphatic rings. The number of hydrogen-bond donors (Lipinski definition) is 0. The number of hydrogen-bond acceptors (Lipinski definition) is 6. The number of likely N-dealkylation sites (N-methyl/N-ethyl adjacent to an activating group) is 1. The van der Waals surface area contributed by atoms with Gasteiger partial charge in [-0.25, -0.2) is 9.97 Å². The Morgan fingerprint density at radius 2 is 1.96 bits per heavy atom. The molecule has 0 aromatic carbocycles. The van der Waals surface area contributed by atoms with Gasteiger partial charge >= 0.3 is 0 Å². The van der Waals surface area contributed by atoms with Crippen LogP contribution in [0.25, 0.3) is 0 Å². The first kappa shape index (κ1) is 18.8. The highest BCUT2D eigenvalue weighted by Crippen LogP contribution is 2.14. The monoisotopic (exact) mass is 373 g/mol. The first-order valence-electron chi connectivity index (χ1n) is 9.13. The number of aryl methyl sites for hydroxylation is 1. The van der Waals surface area contributed by atoms with Gasteiger partial charge in [0.2, 0.25) is 5.91 Å². The van der Waals surface area contributed by atoms with Gasteiger partial charge < -0.3 is 9.80 Å². The molecule has 1 amide bonds. The molecule has 0 fully saturated rings. The number of fused-ring (bicyclic) bond motifs is 2. The van der Waals surface area contributed by atoms with Crippen molar-refractivity contribution in [1.82, 2.24) is 19.8 Å². The van der Waals surface area contributed by atoms with Crippen LogP contribution in [-0.4, -0.2) is 65.9 Å². The molecule has 26 heavy (non-hydrogen) atoms. The van der Waals surface area contributed by atoms with E-state index in [0.29, 0.717) is 6.54 Å². The van der Waals surface area contributed by atoms with Gasteiger partial charge in [-0.05, 0) is 37.9 Å². The second-order valence-electron chi connectivity index (χ2n) is 6.82. The van der Waals surface area contributed by atoms with Crippen LogP contribution in [0.5, 0.6) is 0 Å². The van der Waals surface area contributed by atoms with E-state index in [1.165, 1.54) is 0 Å². The molecule has 0 aliphatic carbocycles. The molecule has 0 radical (unpaired) electrons. The standard InChI is InChI=1S/C19H27N5OS/c1-22-10-5-11-23(2)19(25)15-24(14-18-20-9-13-26-18)12-4-7-16-6-3-8-17(22)21-16/h3,6,8-9,13H,4-5,7,10-12,14-15H2,1-2H3.